The number of hydrogen-bond acceptors (Lipinski definition) is 1. The van der Waals surface area contributed by atoms with Crippen LogP contribution in [0.2, 0.25) is 0 Å². The molecule has 2 heteroatoms. The lowest BCUT2D eigenvalue weighted by Crippen LogP contribution is -1.90. The van der Waals surface area contributed by atoms with Gasteiger partial charge in [0.1, 0.15) is 0 Å². The third-order valence-corrected chi connectivity index (χ3v) is 1.73. The lowest BCUT2D eigenvalue weighted by molar-refractivity contribution is 1.11. The maximum absolute atomic E-state index is 3.30. The molecule has 0 bridgehead atoms. The van der Waals surface area contributed by atoms with Crippen molar-refractivity contribution in [3.63, 3.8) is 0 Å². The molecule has 1 N–H and O–H groups in total. The summed E-state index contributed by atoms with van der Waals surface area (Å²) in [6, 6.07) is 8.46. The van der Waals surface area contributed by atoms with Gasteiger partial charge in [0, 0.05) is 12.2 Å². The van der Waals surface area contributed by atoms with Crippen molar-refractivity contribution in [2.24, 2.45) is 0 Å². The highest BCUT2D eigenvalue weighted by atomic mass is 79.9. The zero-order chi connectivity index (χ0) is 6.10. The van der Waals surface area contributed by atoms with Gasteiger partial charge in [-0.2, -0.15) is 0 Å². The van der Waals surface area contributed by atoms with Crippen LogP contribution in [0, 0.1) is 0 Å². The fraction of sp³-hybridized carbons (Fsp3) is 0.250. The van der Waals surface area contributed by atoms with Crippen molar-refractivity contribution in [2.45, 2.75) is 6.42 Å². The Labute approximate surface area is 71.2 Å². The van der Waals surface area contributed by atoms with Gasteiger partial charge in [0.05, 0.1) is 0 Å². The predicted molar refractivity (Wildman–Crippen MR) is 49.0 cm³/mol. The Balaban J connectivity index is 0.000000500. The Hall–Kier alpha value is -0.500. The first kappa shape index (κ1) is 7.61. The summed E-state index contributed by atoms with van der Waals surface area (Å²) in [5.41, 5.74) is 2.77. The summed E-state index contributed by atoms with van der Waals surface area (Å²) in [4.78, 5) is 0. The van der Waals surface area contributed by atoms with Crippen molar-refractivity contribution < 1.29 is 0 Å². The Kier molecular flexibility index (Phi) is 2.33. The molecule has 2 rings (SSSR count). The SMILES string of the molecule is Br.c1ccc2c(c1)CCN2. The molecule has 0 aromatic heterocycles. The van der Waals surface area contributed by atoms with E-state index in [9.17, 15) is 0 Å². The number of benzene rings is 1. The van der Waals surface area contributed by atoms with E-state index in [-0.39, 0.29) is 17.0 Å². The summed E-state index contributed by atoms with van der Waals surface area (Å²) in [5.74, 6) is 0. The van der Waals surface area contributed by atoms with Crippen molar-refractivity contribution in [1.29, 1.82) is 0 Å². The highest BCUT2D eigenvalue weighted by Gasteiger charge is 2.05. The van der Waals surface area contributed by atoms with E-state index < -0.39 is 0 Å². The molecule has 0 radical (unpaired) electrons. The molecule has 0 saturated carbocycles. The minimum absolute atomic E-state index is 0. The van der Waals surface area contributed by atoms with Crippen LogP contribution in [0.3, 0.4) is 0 Å². The van der Waals surface area contributed by atoms with Crippen molar-refractivity contribution in [1.82, 2.24) is 0 Å². The molecule has 0 atom stereocenters. The highest BCUT2D eigenvalue weighted by Crippen LogP contribution is 2.19. The molecule has 54 valence electrons. The number of fused-ring (bicyclic) bond motifs is 1. The minimum Gasteiger partial charge on any atom is -0.384 e. The molecule has 1 aromatic rings. The quantitative estimate of drug-likeness (QED) is 0.677. The topological polar surface area (TPSA) is 12.0 Å². The maximum atomic E-state index is 3.30. The molecule has 1 aromatic carbocycles. The zero-order valence-electron chi connectivity index (χ0n) is 5.63. The summed E-state index contributed by atoms with van der Waals surface area (Å²) < 4.78 is 0. The number of rotatable bonds is 0. The Morgan fingerprint density at radius 2 is 2.00 bits per heavy atom. The van der Waals surface area contributed by atoms with Crippen molar-refractivity contribution in [3.05, 3.63) is 29.8 Å². The first-order valence-corrected chi connectivity index (χ1v) is 3.28. The molecule has 0 amide bonds. The molecule has 0 fully saturated rings. The van der Waals surface area contributed by atoms with E-state index in [2.05, 4.69) is 29.6 Å². The average Bonchev–Trinajstić information content (AvgIpc) is 2.33. The van der Waals surface area contributed by atoms with Crippen molar-refractivity contribution >= 4 is 22.7 Å². The van der Waals surface area contributed by atoms with Crippen LogP contribution < -0.4 is 5.32 Å². The lowest BCUT2D eigenvalue weighted by Gasteiger charge is -1.94. The molecule has 1 aliphatic rings. The van der Waals surface area contributed by atoms with Crippen LogP contribution in [0.1, 0.15) is 5.56 Å². The molecule has 1 heterocycles. The maximum Gasteiger partial charge on any atom is 0.0373 e. The molecular weight excluding hydrogens is 190 g/mol. The zero-order valence-corrected chi connectivity index (χ0v) is 7.34. The second kappa shape index (κ2) is 3.06. The number of hydrogen-bond donors (Lipinski definition) is 1. The number of nitrogens with one attached hydrogen (secondary N) is 1. The summed E-state index contributed by atoms with van der Waals surface area (Å²) in [5, 5.41) is 3.30. The van der Waals surface area contributed by atoms with Gasteiger partial charge in [-0.3, -0.25) is 0 Å². The van der Waals surface area contributed by atoms with E-state index in [0.717, 1.165) is 6.54 Å². The largest absolute Gasteiger partial charge is 0.384 e. The molecular formula is C8H10BrN. The van der Waals surface area contributed by atoms with Gasteiger partial charge in [0.25, 0.3) is 0 Å². The molecule has 10 heavy (non-hydrogen) atoms. The fourth-order valence-corrected chi connectivity index (χ4v) is 1.24. The molecule has 0 aliphatic carbocycles. The van der Waals surface area contributed by atoms with Crippen LogP contribution >= 0.6 is 17.0 Å². The van der Waals surface area contributed by atoms with Gasteiger partial charge in [-0.1, -0.05) is 18.2 Å². The van der Waals surface area contributed by atoms with Gasteiger partial charge < -0.3 is 5.32 Å². The second-order valence-corrected chi connectivity index (χ2v) is 2.33. The minimum atomic E-state index is 0. The first-order chi connectivity index (χ1) is 4.47. The third-order valence-electron chi connectivity index (χ3n) is 1.73. The van der Waals surface area contributed by atoms with E-state index in [1.165, 1.54) is 17.7 Å². The second-order valence-electron chi connectivity index (χ2n) is 2.33. The van der Waals surface area contributed by atoms with E-state index in [0.29, 0.717) is 0 Å². The summed E-state index contributed by atoms with van der Waals surface area (Å²) >= 11 is 0. The Morgan fingerprint density at radius 3 is 2.80 bits per heavy atom. The standard InChI is InChI=1S/C8H9N.BrH/c1-2-4-8-7(3-1)5-6-9-8;/h1-4,9H,5-6H2;1H. The summed E-state index contributed by atoms with van der Waals surface area (Å²) in [7, 11) is 0. The smallest absolute Gasteiger partial charge is 0.0373 e. The monoisotopic (exact) mass is 199 g/mol. The van der Waals surface area contributed by atoms with Gasteiger partial charge in [-0.25, -0.2) is 0 Å². The van der Waals surface area contributed by atoms with Gasteiger partial charge in [0.2, 0.25) is 0 Å². The highest BCUT2D eigenvalue weighted by molar-refractivity contribution is 8.93. The number of anilines is 1. The predicted octanol–water partition coefficient (Wildman–Crippen LogP) is 2.23. The van der Waals surface area contributed by atoms with Crippen molar-refractivity contribution in [2.75, 3.05) is 11.9 Å². The van der Waals surface area contributed by atoms with Crippen LogP contribution in [0.5, 0.6) is 0 Å². The van der Waals surface area contributed by atoms with Gasteiger partial charge in [-0.15, -0.1) is 17.0 Å². The molecule has 0 spiro atoms. The average molecular weight is 200 g/mol. The Bertz CT molecular complexity index is 199. The van der Waals surface area contributed by atoms with Gasteiger partial charge in [-0.05, 0) is 18.1 Å². The van der Waals surface area contributed by atoms with Crippen LogP contribution in [0.4, 0.5) is 5.69 Å². The van der Waals surface area contributed by atoms with Crippen molar-refractivity contribution in [3.8, 4) is 0 Å². The summed E-state index contributed by atoms with van der Waals surface area (Å²) in [6.45, 7) is 1.11. The number of halogens is 1. The van der Waals surface area contributed by atoms with E-state index in [1.54, 1.807) is 0 Å². The van der Waals surface area contributed by atoms with Crippen LogP contribution in [-0.2, 0) is 6.42 Å². The van der Waals surface area contributed by atoms with Gasteiger partial charge >= 0.3 is 0 Å². The Morgan fingerprint density at radius 1 is 1.20 bits per heavy atom. The lowest BCUT2D eigenvalue weighted by atomic mass is 10.2. The van der Waals surface area contributed by atoms with Gasteiger partial charge in [0.15, 0.2) is 0 Å². The first-order valence-electron chi connectivity index (χ1n) is 3.28. The summed E-state index contributed by atoms with van der Waals surface area (Å²) in [6.07, 6.45) is 1.19. The van der Waals surface area contributed by atoms with E-state index in [4.69, 9.17) is 0 Å². The number of para-hydroxylation sites is 1. The third kappa shape index (κ3) is 1.16. The molecule has 0 unspecified atom stereocenters. The van der Waals surface area contributed by atoms with E-state index >= 15 is 0 Å². The normalized spacial score (nSPS) is 13.2. The molecule has 0 saturated heterocycles. The van der Waals surface area contributed by atoms with Crippen LogP contribution in [0.25, 0.3) is 0 Å². The van der Waals surface area contributed by atoms with E-state index in [1.807, 2.05) is 0 Å². The van der Waals surface area contributed by atoms with Crippen LogP contribution in [-0.4, -0.2) is 6.54 Å². The molecule has 1 nitrogen and oxygen atoms in total. The fourth-order valence-electron chi connectivity index (χ4n) is 1.24. The van der Waals surface area contributed by atoms with Crippen LogP contribution in [0.15, 0.2) is 24.3 Å². The molecule has 1 aliphatic heterocycles.